The molecule has 1 fully saturated rings. The number of nitrogens with zero attached hydrogens (tertiary/aromatic N) is 3. The standard InChI is InChI=1S/C13H21BrClN3/c1-9(14)11-4-6-18(7-5-11)8-12-13(15)10(2)16-17(12)3/h9,11H,4-8H2,1-3H3. The molecule has 0 spiro atoms. The fraction of sp³-hybridized carbons (Fsp3) is 0.769. The average Bonchev–Trinajstić information content (AvgIpc) is 2.57. The Morgan fingerprint density at radius 1 is 1.44 bits per heavy atom. The first-order valence-corrected chi connectivity index (χ1v) is 7.82. The summed E-state index contributed by atoms with van der Waals surface area (Å²) in [5.74, 6) is 0.810. The van der Waals surface area contributed by atoms with Crippen LogP contribution in [0.1, 0.15) is 31.2 Å². The van der Waals surface area contributed by atoms with Crippen LogP contribution in [0.2, 0.25) is 5.02 Å². The third-order valence-corrected chi connectivity index (χ3v) is 5.16. The highest BCUT2D eigenvalue weighted by atomic mass is 79.9. The van der Waals surface area contributed by atoms with Gasteiger partial charge >= 0.3 is 0 Å². The molecule has 102 valence electrons. The van der Waals surface area contributed by atoms with Gasteiger partial charge in [0, 0.05) is 18.4 Å². The van der Waals surface area contributed by atoms with E-state index in [1.54, 1.807) is 0 Å². The van der Waals surface area contributed by atoms with Crippen molar-refractivity contribution >= 4 is 27.5 Å². The van der Waals surface area contributed by atoms with E-state index < -0.39 is 0 Å². The summed E-state index contributed by atoms with van der Waals surface area (Å²) in [7, 11) is 1.97. The Balaban J connectivity index is 1.95. The zero-order valence-electron chi connectivity index (χ0n) is 11.3. The Morgan fingerprint density at radius 2 is 2.06 bits per heavy atom. The van der Waals surface area contributed by atoms with Crippen LogP contribution in [0.4, 0.5) is 0 Å². The van der Waals surface area contributed by atoms with Gasteiger partial charge in [-0.3, -0.25) is 9.58 Å². The Kier molecular flexibility index (Phi) is 4.73. The Bertz CT molecular complexity index is 409. The van der Waals surface area contributed by atoms with Crippen molar-refractivity contribution in [1.29, 1.82) is 0 Å². The highest BCUT2D eigenvalue weighted by molar-refractivity contribution is 9.09. The Morgan fingerprint density at radius 3 is 2.50 bits per heavy atom. The number of halogens is 2. The third kappa shape index (κ3) is 3.09. The van der Waals surface area contributed by atoms with Gasteiger partial charge in [-0.15, -0.1) is 0 Å². The van der Waals surface area contributed by atoms with Crippen molar-refractivity contribution in [3.8, 4) is 0 Å². The fourth-order valence-corrected chi connectivity index (χ4v) is 3.38. The number of rotatable bonds is 3. The van der Waals surface area contributed by atoms with Crippen LogP contribution in [0.25, 0.3) is 0 Å². The van der Waals surface area contributed by atoms with Gasteiger partial charge in [0.2, 0.25) is 0 Å². The van der Waals surface area contributed by atoms with Gasteiger partial charge in [0.25, 0.3) is 0 Å². The zero-order chi connectivity index (χ0) is 13.3. The van der Waals surface area contributed by atoms with E-state index in [-0.39, 0.29) is 0 Å². The fourth-order valence-electron chi connectivity index (χ4n) is 2.63. The first-order valence-electron chi connectivity index (χ1n) is 6.53. The summed E-state index contributed by atoms with van der Waals surface area (Å²) in [5.41, 5.74) is 2.07. The van der Waals surface area contributed by atoms with Crippen LogP contribution in [-0.4, -0.2) is 32.6 Å². The molecule has 2 heterocycles. The average molecular weight is 335 g/mol. The van der Waals surface area contributed by atoms with Crippen molar-refractivity contribution in [2.24, 2.45) is 13.0 Å². The molecule has 0 N–H and O–H groups in total. The summed E-state index contributed by atoms with van der Waals surface area (Å²) in [5, 5.41) is 5.20. The molecule has 0 aliphatic carbocycles. The van der Waals surface area contributed by atoms with E-state index in [0.717, 1.165) is 42.0 Å². The van der Waals surface area contributed by atoms with Gasteiger partial charge in [-0.05, 0) is 38.8 Å². The molecule has 1 atom stereocenters. The number of hydrogen-bond acceptors (Lipinski definition) is 2. The molecule has 1 unspecified atom stereocenters. The van der Waals surface area contributed by atoms with E-state index in [1.165, 1.54) is 12.8 Å². The number of aromatic nitrogens is 2. The number of aryl methyl sites for hydroxylation is 2. The van der Waals surface area contributed by atoms with Crippen molar-refractivity contribution < 1.29 is 0 Å². The molecule has 0 saturated carbocycles. The van der Waals surface area contributed by atoms with Gasteiger partial charge in [0.1, 0.15) is 0 Å². The highest BCUT2D eigenvalue weighted by Crippen LogP contribution is 2.27. The second-order valence-corrected chi connectivity index (χ2v) is 7.08. The van der Waals surface area contributed by atoms with E-state index >= 15 is 0 Å². The predicted molar refractivity (Wildman–Crippen MR) is 79.3 cm³/mol. The SMILES string of the molecule is Cc1nn(C)c(CN2CCC(C(C)Br)CC2)c1Cl. The van der Waals surface area contributed by atoms with E-state index in [4.69, 9.17) is 11.6 Å². The normalized spacial score (nSPS) is 20.3. The van der Waals surface area contributed by atoms with Gasteiger partial charge in [0.05, 0.1) is 16.4 Å². The second-order valence-electron chi connectivity index (χ2n) is 5.26. The molecule has 1 aliphatic rings. The lowest BCUT2D eigenvalue weighted by molar-refractivity contribution is 0.175. The smallest absolute Gasteiger partial charge is 0.0860 e. The van der Waals surface area contributed by atoms with Gasteiger partial charge in [0.15, 0.2) is 0 Å². The van der Waals surface area contributed by atoms with Crippen molar-refractivity contribution in [3.05, 3.63) is 16.4 Å². The first-order chi connectivity index (χ1) is 8.49. The lowest BCUT2D eigenvalue weighted by Crippen LogP contribution is -2.35. The number of alkyl halides is 1. The van der Waals surface area contributed by atoms with Crippen LogP contribution in [0, 0.1) is 12.8 Å². The molecule has 1 saturated heterocycles. The maximum Gasteiger partial charge on any atom is 0.0860 e. The Hall–Kier alpha value is -0.0600. The van der Waals surface area contributed by atoms with Crippen molar-refractivity contribution in [2.75, 3.05) is 13.1 Å². The zero-order valence-corrected chi connectivity index (χ0v) is 13.6. The largest absolute Gasteiger partial charge is 0.297 e. The second kappa shape index (κ2) is 5.93. The maximum atomic E-state index is 6.29. The lowest BCUT2D eigenvalue weighted by Gasteiger charge is -2.33. The van der Waals surface area contributed by atoms with Crippen LogP contribution in [0.3, 0.4) is 0 Å². The third-order valence-electron chi connectivity index (χ3n) is 3.92. The molecule has 0 amide bonds. The van der Waals surface area contributed by atoms with Crippen LogP contribution >= 0.6 is 27.5 Å². The summed E-state index contributed by atoms with van der Waals surface area (Å²) in [4.78, 5) is 3.11. The monoisotopic (exact) mass is 333 g/mol. The molecule has 0 radical (unpaired) electrons. The minimum absolute atomic E-state index is 0.627. The molecule has 0 aromatic carbocycles. The van der Waals surface area contributed by atoms with E-state index in [9.17, 15) is 0 Å². The van der Waals surface area contributed by atoms with Gasteiger partial charge in [-0.1, -0.05) is 34.5 Å². The van der Waals surface area contributed by atoms with Crippen LogP contribution in [-0.2, 0) is 13.6 Å². The number of likely N-dealkylation sites (tertiary alicyclic amines) is 1. The minimum atomic E-state index is 0.627. The molecule has 1 aliphatic heterocycles. The van der Waals surface area contributed by atoms with Gasteiger partial charge in [-0.25, -0.2) is 0 Å². The predicted octanol–water partition coefficient (Wildman–Crippen LogP) is 3.38. The first kappa shape index (κ1) is 14.4. The van der Waals surface area contributed by atoms with Crippen molar-refractivity contribution in [2.45, 2.75) is 38.1 Å². The number of piperidine rings is 1. The topological polar surface area (TPSA) is 21.1 Å². The lowest BCUT2D eigenvalue weighted by atomic mass is 9.94. The summed E-state index contributed by atoms with van der Waals surface area (Å²) in [6, 6.07) is 0. The van der Waals surface area contributed by atoms with E-state index in [0.29, 0.717) is 4.83 Å². The summed E-state index contributed by atoms with van der Waals surface area (Å²) in [6.07, 6.45) is 2.53. The van der Waals surface area contributed by atoms with Crippen molar-refractivity contribution in [1.82, 2.24) is 14.7 Å². The molecule has 18 heavy (non-hydrogen) atoms. The maximum absolute atomic E-state index is 6.29. The molecule has 0 bridgehead atoms. The van der Waals surface area contributed by atoms with Crippen LogP contribution in [0.15, 0.2) is 0 Å². The van der Waals surface area contributed by atoms with Crippen LogP contribution in [0.5, 0.6) is 0 Å². The molecular formula is C13H21BrClN3. The van der Waals surface area contributed by atoms with E-state index in [1.807, 2.05) is 18.7 Å². The van der Waals surface area contributed by atoms with Gasteiger partial charge < -0.3 is 0 Å². The summed E-state index contributed by atoms with van der Waals surface area (Å²) < 4.78 is 1.91. The quantitative estimate of drug-likeness (QED) is 0.790. The molecule has 2 rings (SSSR count). The number of hydrogen-bond donors (Lipinski definition) is 0. The highest BCUT2D eigenvalue weighted by Gasteiger charge is 2.23. The molecular weight excluding hydrogens is 314 g/mol. The molecule has 5 heteroatoms. The summed E-state index contributed by atoms with van der Waals surface area (Å²) >= 11 is 9.99. The Labute approximate surface area is 123 Å². The molecule has 3 nitrogen and oxygen atoms in total. The molecule has 1 aromatic heterocycles. The summed E-state index contributed by atoms with van der Waals surface area (Å²) in [6.45, 7) is 7.44. The van der Waals surface area contributed by atoms with Gasteiger partial charge in [-0.2, -0.15) is 5.10 Å². The molecule has 1 aromatic rings. The van der Waals surface area contributed by atoms with Crippen molar-refractivity contribution in [3.63, 3.8) is 0 Å². The minimum Gasteiger partial charge on any atom is -0.297 e. The van der Waals surface area contributed by atoms with Crippen LogP contribution < -0.4 is 0 Å². The van der Waals surface area contributed by atoms with E-state index in [2.05, 4.69) is 32.9 Å².